The van der Waals surface area contributed by atoms with Crippen LogP contribution < -0.4 is 5.32 Å². The molecule has 7 heteroatoms. The second-order valence-electron chi connectivity index (χ2n) is 5.46. The third kappa shape index (κ3) is 3.49. The van der Waals surface area contributed by atoms with Crippen LogP contribution in [0.3, 0.4) is 0 Å². The summed E-state index contributed by atoms with van der Waals surface area (Å²) in [4.78, 5) is 16.5. The van der Waals surface area contributed by atoms with Crippen LogP contribution in [-0.4, -0.2) is 19.3 Å². The number of nitrogens with zero attached hydrogens (tertiary/aromatic N) is 2. The fourth-order valence-corrected chi connectivity index (χ4v) is 3.54. The minimum atomic E-state index is -3.46. The van der Waals surface area contributed by atoms with Crippen LogP contribution >= 0.6 is 0 Å². The van der Waals surface area contributed by atoms with Crippen molar-refractivity contribution < 1.29 is 13.2 Å². The minimum absolute atomic E-state index is 0.105. The van der Waals surface area contributed by atoms with Crippen LogP contribution in [0.4, 0.5) is 5.69 Å². The number of rotatable bonds is 3. The van der Waals surface area contributed by atoms with E-state index in [0.717, 1.165) is 11.1 Å². The molecule has 0 saturated carbocycles. The Morgan fingerprint density at radius 3 is 2.76 bits per heavy atom. The molecule has 0 radical (unpaired) electrons. The molecule has 1 aromatic carbocycles. The average molecular weight is 351 g/mol. The molecule has 25 heavy (non-hydrogen) atoms. The number of fused-ring (bicyclic) bond motifs is 1. The van der Waals surface area contributed by atoms with E-state index in [2.05, 4.69) is 10.3 Å². The van der Waals surface area contributed by atoms with Crippen LogP contribution in [0.2, 0.25) is 0 Å². The lowest BCUT2D eigenvalue weighted by Gasteiger charge is -2.06. The standard InChI is InChI=1S/C18H13N3O3S/c1-12-2-3-13(11-20-12)8-15(10-19)18(22)21-16-5-4-14-6-7-25(23,24)17(14)9-16/h2-9,11H,1H3,(H,21,22)/b15-8+. The molecule has 1 aliphatic rings. The molecule has 0 spiro atoms. The second-order valence-corrected chi connectivity index (χ2v) is 7.26. The third-order valence-corrected chi connectivity index (χ3v) is 5.08. The van der Waals surface area contributed by atoms with E-state index in [1.54, 1.807) is 30.5 Å². The molecule has 0 bridgehead atoms. The third-order valence-electron chi connectivity index (χ3n) is 3.62. The molecule has 0 unspecified atom stereocenters. The van der Waals surface area contributed by atoms with Gasteiger partial charge in [0.05, 0.1) is 4.90 Å². The molecule has 0 saturated heterocycles. The highest BCUT2D eigenvalue weighted by Crippen LogP contribution is 2.29. The Morgan fingerprint density at radius 1 is 1.28 bits per heavy atom. The number of benzene rings is 1. The number of carbonyl (C=O) groups excluding carboxylic acids is 1. The van der Waals surface area contributed by atoms with Gasteiger partial charge >= 0.3 is 0 Å². The van der Waals surface area contributed by atoms with Crippen molar-refractivity contribution in [2.75, 3.05) is 5.32 Å². The van der Waals surface area contributed by atoms with Crippen molar-refractivity contribution in [2.45, 2.75) is 11.8 Å². The van der Waals surface area contributed by atoms with Gasteiger partial charge in [0.25, 0.3) is 5.91 Å². The number of carbonyl (C=O) groups is 1. The Labute approximate surface area is 145 Å². The maximum atomic E-state index is 12.3. The van der Waals surface area contributed by atoms with Gasteiger partial charge < -0.3 is 5.32 Å². The highest BCUT2D eigenvalue weighted by Gasteiger charge is 2.21. The van der Waals surface area contributed by atoms with E-state index in [9.17, 15) is 18.5 Å². The van der Waals surface area contributed by atoms with Crippen molar-refractivity contribution in [1.82, 2.24) is 4.98 Å². The molecule has 1 aliphatic heterocycles. The summed E-state index contributed by atoms with van der Waals surface area (Å²) in [6.45, 7) is 1.84. The number of anilines is 1. The lowest BCUT2D eigenvalue weighted by molar-refractivity contribution is -0.112. The smallest absolute Gasteiger partial charge is 0.266 e. The number of sulfone groups is 1. The average Bonchev–Trinajstić information content (AvgIpc) is 2.89. The van der Waals surface area contributed by atoms with Gasteiger partial charge in [0.1, 0.15) is 11.6 Å². The van der Waals surface area contributed by atoms with Gasteiger partial charge in [-0.25, -0.2) is 8.42 Å². The molecule has 0 aliphatic carbocycles. The predicted molar refractivity (Wildman–Crippen MR) is 93.9 cm³/mol. The van der Waals surface area contributed by atoms with Gasteiger partial charge in [-0.2, -0.15) is 5.26 Å². The molecule has 124 valence electrons. The second kappa shape index (κ2) is 6.34. The Morgan fingerprint density at radius 2 is 2.08 bits per heavy atom. The van der Waals surface area contributed by atoms with Crippen molar-refractivity contribution in [1.29, 1.82) is 5.26 Å². The van der Waals surface area contributed by atoms with Crippen molar-refractivity contribution in [3.63, 3.8) is 0 Å². The lowest BCUT2D eigenvalue weighted by atomic mass is 10.1. The summed E-state index contributed by atoms with van der Waals surface area (Å²) in [7, 11) is -3.46. The van der Waals surface area contributed by atoms with Crippen molar-refractivity contribution in [3.8, 4) is 6.07 Å². The number of nitriles is 1. The first-order valence-corrected chi connectivity index (χ1v) is 8.87. The van der Waals surface area contributed by atoms with Gasteiger partial charge in [0.2, 0.25) is 9.84 Å². The van der Waals surface area contributed by atoms with E-state index >= 15 is 0 Å². The number of aryl methyl sites for hydroxylation is 1. The molecular formula is C18H13N3O3S. The highest BCUT2D eigenvalue weighted by molar-refractivity contribution is 7.94. The van der Waals surface area contributed by atoms with E-state index in [1.165, 1.54) is 18.2 Å². The number of amides is 1. The summed E-state index contributed by atoms with van der Waals surface area (Å²) in [6, 6.07) is 9.94. The van der Waals surface area contributed by atoms with Crippen molar-refractivity contribution in [2.24, 2.45) is 0 Å². The zero-order valence-electron chi connectivity index (χ0n) is 13.2. The predicted octanol–water partition coefficient (Wildman–Crippen LogP) is 2.69. The minimum Gasteiger partial charge on any atom is -0.321 e. The Hall–Kier alpha value is -3.24. The van der Waals surface area contributed by atoms with E-state index < -0.39 is 15.7 Å². The van der Waals surface area contributed by atoms with E-state index in [0.29, 0.717) is 16.8 Å². The first-order chi connectivity index (χ1) is 11.9. The number of nitrogens with one attached hydrogen (secondary N) is 1. The maximum absolute atomic E-state index is 12.3. The van der Waals surface area contributed by atoms with Crippen LogP contribution in [0.1, 0.15) is 16.8 Å². The number of pyridine rings is 1. The summed E-state index contributed by atoms with van der Waals surface area (Å²) in [6.07, 6.45) is 4.49. The molecule has 1 aromatic heterocycles. The van der Waals surface area contributed by atoms with Gasteiger partial charge in [-0.1, -0.05) is 12.1 Å². The van der Waals surface area contributed by atoms with Crippen LogP contribution in [0.15, 0.2) is 52.4 Å². The topological polar surface area (TPSA) is 99.9 Å². The molecule has 2 aromatic rings. The zero-order chi connectivity index (χ0) is 18.0. The fourth-order valence-electron chi connectivity index (χ4n) is 2.31. The molecule has 1 N–H and O–H groups in total. The van der Waals surface area contributed by atoms with Crippen molar-refractivity contribution >= 4 is 33.6 Å². The SMILES string of the molecule is Cc1ccc(/C=C(\C#N)C(=O)Nc2ccc3c(c2)S(=O)(=O)C=C3)cn1. The van der Waals surface area contributed by atoms with Crippen LogP contribution in [0.25, 0.3) is 12.2 Å². The number of hydrogen-bond donors (Lipinski definition) is 1. The first-order valence-electron chi connectivity index (χ1n) is 7.32. The zero-order valence-corrected chi connectivity index (χ0v) is 14.0. The first kappa shape index (κ1) is 16.6. The molecule has 1 amide bonds. The van der Waals surface area contributed by atoms with Crippen LogP contribution in [0.5, 0.6) is 0 Å². The van der Waals surface area contributed by atoms with Gasteiger partial charge in [-0.15, -0.1) is 0 Å². The number of hydrogen-bond acceptors (Lipinski definition) is 5. The maximum Gasteiger partial charge on any atom is 0.266 e. The lowest BCUT2D eigenvalue weighted by Crippen LogP contribution is -2.13. The highest BCUT2D eigenvalue weighted by atomic mass is 32.2. The van der Waals surface area contributed by atoms with Gasteiger partial charge in [0.15, 0.2) is 0 Å². The van der Waals surface area contributed by atoms with E-state index in [4.69, 9.17) is 0 Å². The monoisotopic (exact) mass is 351 g/mol. The molecular weight excluding hydrogens is 338 g/mol. The Bertz CT molecular complexity index is 1060. The molecule has 2 heterocycles. The molecule has 6 nitrogen and oxygen atoms in total. The van der Waals surface area contributed by atoms with Gasteiger partial charge in [0, 0.05) is 23.0 Å². The van der Waals surface area contributed by atoms with E-state index in [-0.39, 0.29) is 10.5 Å². The summed E-state index contributed by atoms with van der Waals surface area (Å²) in [5.74, 6) is -0.619. The number of aromatic nitrogens is 1. The molecule has 0 atom stereocenters. The summed E-state index contributed by atoms with van der Waals surface area (Å²) in [5.41, 5.74) is 2.22. The van der Waals surface area contributed by atoms with Crippen LogP contribution in [-0.2, 0) is 14.6 Å². The molecule has 0 fully saturated rings. The summed E-state index contributed by atoms with van der Waals surface area (Å²) < 4.78 is 23.8. The fraction of sp³-hybridized carbons (Fsp3) is 0.0556. The van der Waals surface area contributed by atoms with Gasteiger partial charge in [-0.05, 0) is 48.4 Å². The largest absolute Gasteiger partial charge is 0.321 e. The molecule has 3 rings (SSSR count). The normalized spacial score (nSPS) is 14.6. The Kier molecular flexibility index (Phi) is 4.21. The Balaban J connectivity index is 1.84. The quantitative estimate of drug-likeness (QED) is 0.677. The van der Waals surface area contributed by atoms with E-state index in [1.807, 2.05) is 13.0 Å². The van der Waals surface area contributed by atoms with Crippen molar-refractivity contribution in [3.05, 3.63) is 64.3 Å². The summed E-state index contributed by atoms with van der Waals surface area (Å²) in [5, 5.41) is 12.9. The van der Waals surface area contributed by atoms with Gasteiger partial charge in [-0.3, -0.25) is 9.78 Å². The summed E-state index contributed by atoms with van der Waals surface area (Å²) >= 11 is 0. The van der Waals surface area contributed by atoms with Crippen LogP contribution in [0, 0.1) is 18.3 Å².